The van der Waals surface area contributed by atoms with Crippen molar-refractivity contribution in [3.05, 3.63) is 65.2 Å². The van der Waals surface area contributed by atoms with Gasteiger partial charge in [0.1, 0.15) is 17.2 Å². The molecule has 0 unspecified atom stereocenters. The minimum atomic E-state index is -0.00333. The lowest BCUT2D eigenvalue weighted by molar-refractivity contribution is 0.428. The highest BCUT2D eigenvalue weighted by atomic mass is 16.5. The summed E-state index contributed by atoms with van der Waals surface area (Å²) in [5.74, 6) is 2.61. The first-order valence-corrected chi connectivity index (χ1v) is 9.18. The second-order valence-corrected chi connectivity index (χ2v) is 7.58. The molecule has 27 heavy (non-hydrogen) atoms. The molecule has 0 saturated carbocycles. The highest BCUT2D eigenvalue weighted by molar-refractivity contribution is 6.87. The molecule has 0 amide bonds. The van der Waals surface area contributed by atoms with Gasteiger partial charge in [0.25, 0.3) is 6.01 Å². The van der Waals surface area contributed by atoms with E-state index in [4.69, 9.17) is 14.5 Å². The Kier molecular flexibility index (Phi) is 2.73. The summed E-state index contributed by atoms with van der Waals surface area (Å²) in [5.41, 5.74) is 7.73. The number of rotatable bonds is 0. The number of aromatic nitrogens is 2. The summed E-state index contributed by atoms with van der Waals surface area (Å²) in [6.45, 7) is 6.23. The summed E-state index contributed by atoms with van der Waals surface area (Å²) < 4.78 is 14.7. The van der Waals surface area contributed by atoms with Crippen molar-refractivity contribution in [3.8, 4) is 23.3 Å². The lowest BCUT2D eigenvalue weighted by Crippen LogP contribution is -2.54. The second-order valence-electron chi connectivity index (χ2n) is 7.58. The van der Waals surface area contributed by atoms with Crippen molar-refractivity contribution < 1.29 is 9.47 Å². The van der Waals surface area contributed by atoms with E-state index >= 15 is 0 Å². The maximum atomic E-state index is 6.29. The molecule has 0 saturated heterocycles. The molecular weight excluding hydrogens is 335 g/mol. The Labute approximate surface area is 157 Å². The Bertz CT molecular complexity index is 1280. The van der Waals surface area contributed by atoms with E-state index in [9.17, 15) is 0 Å². The Balaban J connectivity index is 1.73. The SMILES string of the molecule is Cc1ccc2c(c1)Oc1cc(C)cc3c1B2n1c(nc2cc(C)ccc21)O3. The van der Waals surface area contributed by atoms with Gasteiger partial charge in [-0.3, -0.25) is 0 Å². The largest absolute Gasteiger partial charge is 0.458 e. The molecule has 130 valence electrons. The highest BCUT2D eigenvalue weighted by Crippen LogP contribution is 2.38. The number of nitrogens with zero attached hydrogens (tertiary/aromatic N) is 2. The zero-order valence-corrected chi connectivity index (χ0v) is 15.4. The Morgan fingerprint density at radius 3 is 2.33 bits per heavy atom. The molecule has 4 aromatic rings. The number of hydrogen-bond donors (Lipinski definition) is 0. The lowest BCUT2D eigenvalue weighted by atomic mass is 9.48. The fraction of sp³-hybridized carbons (Fsp3) is 0.136. The molecule has 5 heteroatoms. The van der Waals surface area contributed by atoms with Gasteiger partial charge >= 0.3 is 6.85 Å². The maximum absolute atomic E-state index is 6.29. The number of imidazole rings is 1. The van der Waals surface area contributed by atoms with Crippen LogP contribution in [-0.2, 0) is 0 Å². The monoisotopic (exact) mass is 352 g/mol. The van der Waals surface area contributed by atoms with E-state index < -0.39 is 0 Å². The zero-order chi connectivity index (χ0) is 18.3. The van der Waals surface area contributed by atoms with Crippen LogP contribution >= 0.6 is 0 Å². The quantitative estimate of drug-likeness (QED) is 0.390. The smallest absolute Gasteiger partial charge is 0.344 e. The summed E-state index contributed by atoms with van der Waals surface area (Å²) in [7, 11) is 0. The fourth-order valence-electron chi connectivity index (χ4n) is 4.28. The molecular formula is C22H17BN2O2. The van der Waals surface area contributed by atoms with E-state index in [0.717, 1.165) is 44.8 Å². The maximum Gasteiger partial charge on any atom is 0.344 e. The van der Waals surface area contributed by atoms with Crippen LogP contribution in [-0.4, -0.2) is 16.3 Å². The van der Waals surface area contributed by atoms with Gasteiger partial charge in [0.05, 0.1) is 11.0 Å². The number of aryl methyl sites for hydroxylation is 3. The normalized spacial score (nSPS) is 13.5. The van der Waals surface area contributed by atoms with Crippen molar-refractivity contribution in [2.75, 3.05) is 0 Å². The van der Waals surface area contributed by atoms with E-state index in [-0.39, 0.29) is 6.85 Å². The molecule has 0 N–H and O–H groups in total. The standard InChI is InChI=1S/C22H17BN2O2/c1-12-5-7-17-16(8-12)24-22-25(17)23-15-6-4-13(2)9-18(15)26-19-10-14(3)11-20(27-22)21(19)23/h4-11H,1-3H3. The van der Waals surface area contributed by atoms with Gasteiger partial charge in [-0.1, -0.05) is 18.2 Å². The van der Waals surface area contributed by atoms with Crippen molar-refractivity contribution in [3.63, 3.8) is 0 Å². The number of benzene rings is 3. The van der Waals surface area contributed by atoms with Crippen LogP contribution in [0, 0.1) is 20.8 Å². The average molecular weight is 352 g/mol. The van der Waals surface area contributed by atoms with E-state index in [1.165, 1.54) is 11.1 Å². The van der Waals surface area contributed by atoms with Gasteiger partial charge in [0, 0.05) is 5.46 Å². The van der Waals surface area contributed by atoms with E-state index in [1.807, 2.05) is 0 Å². The van der Waals surface area contributed by atoms with Crippen LogP contribution in [0.25, 0.3) is 11.0 Å². The predicted octanol–water partition coefficient (Wildman–Crippen LogP) is 3.83. The summed E-state index contributed by atoms with van der Waals surface area (Å²) in [6.07, 6.45) is 0. The molecule has 6 rings (SSSR count). The summed E-state index contributed by atoms with van der Waals surface area (Å²) in [4.78, 5) is 4.78. The first-order chi connectivity index (χ1) is 13.1. The third kappa shape index (κ3) is 1.97. The fourth-order valence-corrected chi connectivity index (χ4v) is 4.28. The minimum absolute atomic E-state index is 0.00333. The molecule has 0 bridgehead atoms. The van der Waals surface area contributed by atoms with Crippen LogP contribution in [0.2, 0.25) is 0 Å². The van der Waals surface area contributed by atoms with Crippen molar-refractivity contribution in [1.82, 2.24) is 9.46 Å². The van der Waals surface area contributed by atoms with Crippen LogP contribution < -0.4 is 20.4 Å². The molecule has 2 aliphatic heterocycles. The molecule has 0 radical (unpaired) electrons. The lowest BCUT2D eigenvalue weighted by Gasteiger charge is -2.32. The molecule has 4 nitrogen and oxygen atoms in total. The minimum Gasteiger partial charge on any atom is -0.458 e. The van der Waals surface area contributed by atoms with Gasteiger partial charge in [0.15, 0.2) is 0 Å². The third-order valence-electron chi connectivity index (χ3n) is 5.48. The van der Waals surface area contributed by atoms with Crippen LogP contribution in [0.15, 0.2) is 48.5 Å². The summed E-state index contributed by atoms with van der Waals surface area (Å²) in [5, 5.41) is 0. The molecule has 0 aliphatic carbocycles. The van der Waals surface area contributed by atoms with Gasteiger partial charge < -0.3 is 14.0 Å². The molecule has 3 heterocycles. The molecule has 0 fully saturated rings. The van der Waals surface area contributed by atoms with Gasteiger partial charge in [0.2, 0.25) is 0 Å². The van der Waals surface area contributed by atoms with Crippen molar-refractivity contribution in [2.45, 2.75) is 20.8 Å². The van der Waals surface area contributed by atoms with Crippen LogP contribution in [0.1, 0.15) is 16.7 Å². The first-order valence-electron chi connectivity index (χ1n) is 9.18. The van der Waals surface area contributed by atoms with E-state index in [2.05, 4.69) is 73.8 Å². The summed E-state index contributed by atoms with van der Waals surface area (Å²) >= 11 is 0. The van der Waals surface area contributed by atoms with Crippen molar-refractivity contribution >= 4 is 28.8 Å². The molecule has 0 spiro atoms. The Morgan fingerprint density at radius 2 is 1.48 bits per heavy atom. The number of fused-ring (bicyclic) bond motifs is 6. The van der Waals surface area contributed by atoms with Gasteiger partial charge in [-0.2, -0.15) is 4.98 Å². The molecule has 0 atom stereocenters. The molecule has 2 aliphatic rings. The Morgan fingerprint density at radius 1 is 0.778 bits per heavy atom. The van der Waals surface area contributed by atoms with Gasteiger partial charge in [-0.15, -0.1) is 0 Å². The molecule has 3 aromatic carbocycles. The van der Waals surface area contributed by atoms with Crippen LogP contribution in [0.4, 0.5) is 0 Å². The van der Waals surface area contributed by atoms with E-state index in [1.54, 1.807) is 0 Å². The van der Waals surface area contributed by atoms with Crippen molar-refractivity contribution in [1.29, 1.82) is 0 Å². The average Bonchev–Trinajstić information content (AvgIpc) is 2.97. The third-order valence-corrected chi connectivity index (χ3v) is 5.48. The zero-order valence-electron chi connectivity index (χ0n) is 15.4. The Hall–Kier alpha value is -3.21. The summed E-state index contributed by atoms with van der Waals surface area (Å²) in [6, 6.07) is 17.6. The van der Waals surface area contributed by atoms with Crippen LogP contribution in [0.3, 0.4) is 0 Å². The first kappa shape index (κ1) is 14.9. The van der Waals surface area contributed by atoms with E-state index in [0.29, 0.717) is 6.01 Å². The predicted molar refractivity (Wildman–Crippen MR) is 107 cm³/mol. The topological polar surface area (TPSA) is 36.3 Å². The van der Waals surface area contributed by atoms with Crippen molar-refractivity contribution in [2.24, 2.45) is 0 Å². The number of ether oxygens (including phenoxy) is 2. The highest BCUT2D eigenvalue weighted by Gasteiger charge is 2.42. The van der Waals surface area contributed by atoms with Gasteiger partial charge in [-0.25, -0.2) is 0 Å². The van der Waals surface area contributed by atoms with Gasteiger partial charge in [-0.05, 0) is 73.3 Å². The van der Waals surface area contributed by atoms with Crippen LogP contribution in [0.5, 0.6) is 23.3 Å². The molecule has 1 aromatic heterocycles. The second kappa shape index (κ2) is 4.94. The number of hydrogen-bond acceptors (Lipinski definition) is 3.